The lowest BCUT2D eigenvalue weighted by molar-refractivity contribution is 0.0563. The van der Waals surface area contributed by atoms with E-state index in [9.17, 15) is 18.8 Å². The van der Waals surface area contributed by atoms with Crippen molar-refractivity contribution in [2.24, 2.45) is 0 Å². The predicted octanol–water partition coefficient (Wildman–Crippen LogP) is 2.97. The van der Waals surface area contributed by atoms with Gasteiger partial charge in [0.15, 0.2) is 11.2 Å². The Labute approximate surface area is 208 Å². The van der Waals surface area contributed by atoms with Crippen molar-refractivity contribution in [1.82, 2.24) is 18.7 Å². The SMILES string of the molecule is COC(=O)c1ccc(Cn2cnc3c2c(=O)n(Cc2ccc(OC)cc2)c(=O)n3-c2ccc(F)cc2)o1. The lowest BCUT2D eigenvalue weighted by Gasteiger charge is -2.13. The first-order valence-electron chi connectivity index (χ1n) is 11.2. The van der Waals surface area contributed by atoms with Gasteiger partial charge in [0, 0.05) is 0 Å². The first-order valence-corrected chi connectivity index (χ1v) is 11.2. The molecule has 0 bridgehead atoms. The van der Waals surface area contributed by atoms with Crippen LogP contribution in [0.3, 0.4) is 0 Å². The second kappa shape index (κ2) is 9.61. The monoisotopic (exact) mass is 504 g/mol. The highest BCUT2D eigenvalue weighted by atomic mass is 19.1. The Hall–Kier alpha value is -4.93. The first kappa shape index (κ1) is 23.8. The van der Waals surface area contributed by atoms with E-state index in [0.717, 1.165) is 4.57 Å². The van der Waals surface area contributed by atoms with Gasteiger partial charge in [-0.2, -0.15) is 0 Å². The van der Waals surface area contributed by atoms with Crippen molar-refractivity contribution < 1.29 is 23.1 Å². The summed E-state index contributed by atoms with van der Waals surface area (Å²) in [4.78, 5) is 43.3. The summed E-state index contributed by atoms with van der Waals surface area (Å²) in [5, 5.41) is 0. The number of carbonyl (C=O) groups is 1. The summed E-state index contributed by atoms with van der Waals surface area (Å²) in [6.07, 6.45) is 1.41. The molecule has 5 rings (SSSR count). The van der Waals surface area contributed by atoms with Gasteiger partial charge < -0.3 is 18.5 Å². The second-order valence-electron chi connectivity index (χ2n) is 8.14. The fourth-order valence-corrected chi connectivity index (χ4v) is 4.02. The van der Waals surface area contributed by atoms with E-state index in [0.29, 0.717) is 22.8 Å². The molecule has 11 heteroatoms. The summed E-state index contributed by atoms with van der Waals surface area (Å²) >= 11 is 0. The van der Waals surface area contributed by atoms with Crippen LogP contribution in [-0.4, -0.2) is 38.9 Å². The molecule has 0 aliphatic rings. The average Bonchev–Trinajstić information content (AvgIpc) is 3.55. The lowest BCUT2D eigenvalue weighted by Crippen LogP contribution is -2.40. The fraction of sp³-hybridized carbons (Fsp3) is 0.154. The number of aromatic nitrogens is 4. The maximum absolute atomic E-state index is 13.6. The molecule has 37 heavy (non-hydrogen) atoms. The van der Waals surface area contributed by atoms with Crippen molar-refractivity contribution in [1.29, 1.82) is 0 Å². The van der Waals surface area contributed by atoms with Gasteiger partial charge in [0.2, 0.25) is 5.76 Å². The Kier molecular flexibility index (Phi) is 6.18. The molecule has 0 fully saturated rings. The molecule has 0 N–H and O–H groups in total. The van der Waals surface area contributed by atoms with Gasteiger partial charge in [-0.1, -0.05) is 12.1 Å². The normalized spacial score (nSPS) is 11.1. The first-order chi connectivity index (χ1) is 17.9. The van der Waals surface area contributed by atoms with Gasteiger partial charge in [0.05, 0.1) is 39.3 Å². The van der Waals surface area contributed by atoms with E-state index in [1.165, 1.54) is 52.9 Å². The number of imidazole rings is 1. The van der Waals surface area contributed by atoms with Crippen LogP contribution in [0.4, 0.5) is 4.39 Å². The molecular weight excluding hydrogens is 483 g/mol. The largest absolute Gasteiger partial charge is 0.497 e. The van der Waals surface area contributed by atoms with E-state index in [1.807, 2.05) is 0 Å². The van der Waals surface area contributed by atoms with E-state index in [1.54, 1.807) is 37.4 Å². The van der Waals surface area contributed by atoms with E-state index in [2.05, 4.69) is 9.72 Å². The van der Waals surface area contributed by atoms with Gasteiger partial charge in [-0.15, -0.1) is 0 Å². The van der Waals surface area contributed by atoms with Gasteiger partial charge in [-0.05, 0) is 54.1 Å². The van der Waals surface area contributed by atoms with Crippen molar-refractivity contribution in [2.75, 3.05) is 14.2 Å². The number of methoxy groups -OCH3 is 2. The Morgan fingerprint density at radius 3 is 2.38 bits per heavy atom. The third kappa shape index (κ3) is 4.42. The molecule has 0 aliphatic heterocycles. The molecular formula is C26H21FN4O6. The Morgan fingerprint density at radius 2 is 1.70 bits per heavy atom. The molecule has 5 aromatic rings. The van der Waals surface area contributed by atoms with E-state index in [4.69, 9.17) is 9.15 Å². The molecule has 0 atom stereocenters. The van der Waals surface area contributed by atoms with Gasteiger partial charge >= 0.3 is 11.7 Å². The maximum Gasteiger partial charge on any atom is 0.373 e. The number of carbonyl (C=O) groups excluding carboxylic acids is 1. The highest BCUT2D eigenvalue weighted by Gasteiger charge is 2.21. The summed E-state index contributed by atoms with van der Waals surface area (Å²) in [6.45, 7) is 0.0457. The number of hydrogen-bond donors (Lipinski definition) is 0. The van der Waals surface area contributed by atoms with Crippen molar-refractivity contribution in [3.05, 3.63) is 111 Å². The zero-order chi connectivity index (χ0) is 26.1. The molecule has 3 aromatic heterocycles. The summed E-state index contributed by atoms with van der Waals surface area (Å²) in [5.74, 6) is -0.0707. The van der Waals surface area contributed by atoms with Crippen molar-refractivity contribution in [3.8, 4) is 11.4 Å². The molecule has 188 valence electrons. The number of benzene rings is 2. The number of furan rings is 1. The van der Waals surface area contributed by atoms with Crippen LogP contribution in [-0.2, 0) is 17.8 Å². The molecule has 0 spiro atoms. The molecule has 3 heterocycles. The average molecular weight is 504 g/mol. The summed E-state index contributed by atoms with van der Waals surface area (Å²) in [7, 11) is 2.79. The van der Waals surface area contributed by atoms with Crippen molar-refractivity contribution >= 4 is 17.1 Å². The Bertz CT molecular complexity index is 1710. The molecule has 10 nitrogen and oxygen atoms in total. The number of hydrogen-bond acceptors (Lipinski definition) is 7. The summed E-state index contributed by atoms with van der Waals surface area (Å²) in [6, 6.07) is 15.4. The maximum atomic E-state index is 13.6. The Morgan fingerprint density at radius 1 is 0.973 bits per heavy atom. The van der Waals surface area contributed by atoms with E-state index < -0.39 is 23.0 Å². The topological polar surface area (TPSA) is 110 Å². The summed E-state index contributed by atoms with van der Waals surface area (Å²) in [5.41, 5.74) is 0.0873. The van der Waals surface area contributed by atoms with Crippen LogP contribution in [0.5, 0.6) is 5.75 Å². The number of rotatable bonds is 7. The van der Waals surface area contributed by atoms with Crippen LogP contribution in [0.25, 0.3) is 16.9 Å². The van der Waals surface area contributed by atoms with Crippen molar-refractivity contribution in [2.45, 2.75) is 13.1 Å². The van der Waals surface area contributed by atoms with Crippen LogP contribution >= 0.6 is 0 Å². The highest BCUT2D eigenvalue weighted by Crippen LogP contribution is 2.18. The zero-order valence-electron chi connectivity index (χ0n) is 19.9. The van der Waals surface area contributed by atoms with Gasteiger partial charge in [0.25, 0.3) is 5.56 Å². The fourth-order valence-electron chi connectivity index (χ4n) is 4.02. The molecule has 0 aliphatic carbocycles. The number of fused-ring (bicyclic) bond motifs is 1. The van der Waals surface area contributed by atoms with Crippen LogP contribution in [0.2, 0.25) is 0 Å². The highest BCUT2D eigenvalue weighted by molar-refractivity contribution is 5.86. The minimum Gasteiger partial charge on any atom is -0.497 e. The van der Waals surface area contributed by atoms with E-state index >= 15 is 0 Å². The lowest BCUT2D eigenvalue weighted by atomic mass is 10.2. The quantitative estimate of drug-likeness (QED) is 0.314. The molecule has 0 unspecified atom stereocenters. The zero-order valence-corrected chi connectivity index (χ0v) is 19.9. The number of esters is 1. The van der Waals surface area contributed by atoms with Crippen LogP contribution in [0.1, 0.15) is 21.9 Å². The standard InChI is InChI=1S/C26H21FN4O6/c1-35-19-9-3-16(4-10-19)13-30-24(32)22-23(31(26(30)34)18-7-5-17(27)6-8-18)28-15-29(22)14-20-11-12-21(37-20)25(33)36-2/h3-12,15H,13-14H2,1-2H3. The molecule has 0 amide bonds. The van der Waals surface area contributed by atoms with Gasteiger partial charge in [-0.3, -0.25) is 9.36 Å². The number of nitrogens with zero attached hydrogens (tertiary/aromatic N) is 4. The van der Waals surface area contributed by atoms with Crippen LogP contribution in [0, 0.1) is 5.82 Å². The molecule has 0 saturated carbocycles. The predicted molar refractivity (Wildman–Crippen MR) is 131 cm³/mol. The van der Waals surface area contributed by atoms with E-state index in [-0.39, 0.29) is 30.0 Å². The smallest absolute Gasteiger partial charge is 0.373 e. The van der Waals surface area contributed by atoms with Crippen LogP contribution in [0.15, 0.2) is 81.0 Å². The molecule has 0 radical (unpaired) electrons. The third-order valence-corrected chi connectivity index (χ3v) is 5.86. The van der Waals surface area contributed by atoms with Crippen molar-refractivity contribution in [3.63, 3.8) is 0 Å². The second-order valence-corrected chi connectivity index (χ2v) is 8.14. The minimum absolute atomic E-state index is 0.0158. The number of ether oxygens (including phenoxy) is 2. The molecule has 2 aromatic carbocycles. The van der Waals surface area contributed by atoms with Gasteiger partial charge in [0.1, 0.15) is 17.3 Å². The number of halogens is 1. The minimum atomic E-state index is -0.631. The molecule has 0 saturated heterocycles. The van der Waals surface area contributed by atoms with Crippen LogP contribution < -0.4 is 16.0 Å². The van der Waals surface area contributed by atoms with Gasteiger partial charge in [-0.25, -0.2) is 23.5 Å². The summed E-state index contributed by atoms with van der Waals surface area (Å²) < 4.78 is 32.9. The Balaban J connectivity index is 1.67. The third-order valence-electron chi connectivity index (χ3n) is 5.86.